The van der Waals surface area contributed by atoms with Crippen LogP contribution in [0.5, 0.6) is 0 Å². The van der Waals surface area contributed by atoms with Gasteiger partial charge < -0.3 is 21.1 Å². The summed E-state index contributed by atoms with van der Waals surface area (Å²) in [4.78, 5) is 21.6. The second-order valence-corrected chi connectivity index (χ2v) is 3.57. The minimum absolute atomic E-state index is 0.0377. The zero-order chi connectivity index (χ0) is 12.4. The van der Waals surface area contributed by atoms with Crippen molar-refractivity contribution in [2.75, 3.05) is 26.3 Å². The van der Waals surface area contributed by atoms with Crippen LogP contribution >= 0.6 is 0 Å². The molecule has 6 nitrogen and oxygen atoms in total. The molecule has 4 N–H and O–H groups in total. The number of rotatable bonds is 9. The molecule has 1 unspecified atom stereocenters. The highest BCUT2D eigenvalue weighted by Gasteiger charge is 2.03. The van der Waals surface area contributed by atoms with Crippen LogP contribution in [0.25, 0.3) is 0 Å². The third kappa shape index (κ3) is 9.42. The molecule has 0 radical (unpaired) electrons. The molecule has 0 aromatic heterocycles. The SMILES string of the molecule is CCC(C)NC(=O)CNCCOCC(N)=O. The van der Waals surface area contributed by atoms with Gasteiger partial charge in [0.2, 0.25) is 11.8 Å². The number of hydrogen-bond acceptors (Lipinski definition) is 4. The van der Waals surface area contributed by atoms with E-state index in [4.69, 9.17) is 10.5 Å². The summed E-state index contributed by atoms with van der Waals surface area (Å²) < 4.78 is 4.91. The third-order valence-electron chi connectivity index (χ3n) is 1.97. The van der Waals surface area contributed by atoms with Gasteiger partial charge in [-0.2, -0.15) is 0 Å². The van der Waals surface area contributed by atoms with Crippen LogP contribution in [0.4, 0.5) is 0 Å². The summed E-state index contributed by atoms with van der Waals surface area (Å²) in [5, 5.41) is 5.72. The molecule has 0 fully saturated rings. The molecule has 0 bridgehead atoms. The van der Waals surface area contributed by atoms with E-state index in [9.17, 15) is 9.59 Å². The smallest absolute Gasteiger partial charge is 0.243 e. The molecule has 94 valence electrons. The van der Waals surface area contributed by atoms with Crippen molar-refractivity contribution in [3.63, 3.8) is 0 Å². The third-order valence-corrected chi connectivity index (χ3v) is 1.97. The second-order valence-electron chi connectivity index (χ2n) is 3.57. The van der Waals surface area contributed by atoms with Gasteiger partial charge in [-0.25, -0.2) is 0 Å². The van der Waals surface area contributed by atoms with E-state index >= 15 is 0 Å². The number of ether oxygens (including phenoxy) is 1. The van der Waals surface area contributed by atoms with Crippen LogP contribution in [-0.4, -0.2) is 44.2 Å². The van der Waals surface area contributed by atoms with Gasteiger partial charge in [-0.1, -0.05) is 6.92 Å². The first-order valence-corrected chi connectivity index (χ1v) is 5.42. The maximum absolute atomic E-state index is 11.3. The highest BCUT2D eigenvalue weighted by atomic mass is 16.5. The summed E-state index contributed by atoms with van der Waals surface area (Å²) >= 11 is 0. The molecule has 16 heavy (non-hydrogen) atoms. The van der Waals surface area contributed by atoms with Crippen LogP contribution in [-0.2, 0) is 14.3 Å². The zero-order valence-electron chi connectivity index (χ0n) is 9.91. The highest BCUT2D eigenvalue weighted by Crippen LogP contribution is 1.86. The van der Waals surface area contributed by atoms with Crippen LogP contribution in [0.1, 0.15) is 20.3 Å². The van der Waals surface area contributed by atoms with Crippen molar-refractivity contribution in [1.29, 1.82) is 0 Å². The summed E-state index contributed by atoms with van der Waals surface area (Å²) in [5.41, 5.74) is 4.88. The first kappa shape index (κ1) is 14.9. The lowest BCUT2D eigenvalue weighted by molar-refractivity contribution is -0.123. The van der Waals surface area contributed by atoms with Crippen molar-refractivity contribution in [2.24, 2.45) is 5.73 Å². The maximum atomic E-state index is 11.3. The number of nitrogens with one attached hydrogen (secondary N) is 2. The van der Waals surface area contributed by atoms with Crippen molar-refractivity contribution >= 4 is 11.8 Å². The Bertz CT molecular complexity index is 221. The van der Waals surface area contributed by atoms with E-state index in [0.717, 1.165) is 6.42 Å². The first-order valence-electron chi connectivity index (χ1n) is 5.42. The predicted octanol–water partition coefficient (Wildman–Crippen LogP) is -1.01. The number of carbonyl (C=O) groups is 2. The lowest BCUT2D eigenvalue weighted by Crippen LogP contribution is -2.39. The molecule has 1 atom stereocenters. The van der Waals surface area contributed by atoms with Gasteiger partial charge in [-0.3, -0.25) is 9.59 Å². The highest BCUT2D eigenvalue weighted by molar-refractivity contribution is 5.78. The monoisotopic (exact) mass is 231 g/mol. The number of carbonyl (C=O) groups excluding carboxylic acids is 2. The lowest BCUT2D eigenvalue weighted by Gasteiger charge is -2.11. The topological polar surface area (TPSA) is 93.4 Å². The van der Waals surface area contributed by atoms with E-state index in [1.165, 1.54) is 0 Å². The van der Waals surface area contributed by atoms with E-state index in [-0.39, 0.29) is 25.1 Å². The largest absolute Gasteiger partial charge is 0.370 e. The molecule has 0 rings (SSSR count). The van der Waals surface area contributed by atoms with Crippen molar-refractivity contribution in [1.82, 2.24) is 10.6 Å². The minimum Gasteiger partial charge on any atom is -0.370 e. The predicted molar refractivity (Wildman–Crippen MR) is 60.8 cm³/mol. The molecule has 0 aromatic carbocycles. The Balaban J connectivity index is 3.31. The van der Waals surface area contributed by atoms with Crippen LogP contribution in [0.3, 0.4) is 0 Å². The van der Waals surface area contributed by atoms with E-state index in [1.54, 1.807) is 0 Å². The van der Waals surface area contributed by atoms with Gasteiger partial charge in [0, 0.05) is 12.6 Å². The van der Waals surface area contributed by atoms with Gasteiger partial charge in [-0.15, -0.1) is 0 Å². The van der Waals surface area contributed by atoms with Crippen molar-refractivity contribution < 1.29 is 14.3 Å². The molecule has 0 aliphatic carbocycles. The van der Waals surface area contributed by atoms with Crippen LogP contribution < -0.4 is 16.4 Å². The number of primary amides is 1. The Labute approximate surface area is 95.9 Å². The molecular formula is C10H21N3O3. The fraction of sp³-hybridized carbons (Fsp3) is 0.800. The van der Waals surface area contributed by atoms with Gasteiger partial charge in [0.1, 0.15) is 6.61 Å². The van der Waals surface area contributed by atoms with E-state index in [2.05, 4.69) is 10.6 Å². The van der Waals surface area contributed by atoms with Crippen molar-refractivity contribution in [3.05, 3.63) is 0 Å². The Morgan fingerprint density at radius 3 is 2.69 bits per heavy atom. The summed E-state index contributed by atoms with van der Waals surface area (Å²) in [7, 11) is 0. The zero-order valence-corrected chi connectivity index (χ0v) is 9.91. The fourth-order valence-corrected chi connectivity index (χ4v) is 0.947. The summed E-state index contributed by atoms with van der Waals surface area (Å²) in [6.45, 7) is 5.01. The molecule has 0 saturated heterocycles. The summed E-state index contributed by atoms with van der Waals surface area (Å²) in [6, 6.07) is 0.195. The van der Waals surface area contributed by atoms with E-state index in [0.29, 0.717) is 13.2 Å². The molecule has 0 spiro atoms. The molecule has 0 saturated carbocycles. The molecule has 2 amide bonds. The average Bonchev–Trinajstić information content (AvgIpc) is 2.22. The molecule has 6 heteroatoms. The van der Waals surface area contributed by atoms with Gasteiger partial charge in [0.25, 0.3) is 0 Å². The Hall–Kier alpha value is -1.14. The Kier molecular flexibility index (Phi) is 8.46. The Morgan fingerprint density at radius 2 is 2.12 bits per heavy atom. The minimum atomic E-state index is -0.491. The molecule has 0 heterocycles. The van der Waals surface area contributed by atoms with Crippen LogP contribution in [0, 0.1) is 0 Å². The molecule has 0 aliphatic heterocycles. The average molecular weight is 231 g/mol. The number of nitrogens with two attached hydrogens (primary N) is 1. The standard InChI is InChI=1S/C10H21N3O3/c1-3-8(2)13-10(15)6-12-4-5-16-7-9(11)14/h8,12H,3-7H2,1-2H3,(H2,11,14)(H,13,15). The van der Waals surface area contributed by atoms with Crippen LogP contribution in [0.2, 0.25) is 0 Å². The quantitative estimate of drug-likeness (QED) is 0.443. The van der Waals surface area contributed by atoms with Crippen LogP contribution in [0.15, 0.2) is 0 Å². The summed E-state index contributed by atoms with van der Waals surface area (Å²) in [5.74, 6) is -0.529. The van der Waals surface area contributed by atoms with Gasteiger partial charge in [0.15, 0.2) is 0 Å². The number of amides is 2. The number of hydrogen-bond donors (Lipinski definition) is 3. The molecular weight excluding hydrogens is 210 g/mol. The summed E-state index contributed by atoms with van der Waals surface area (Å²) in [6.07, 6.45) is 0.910. The molecule has 0 aliphatic rings. The van der Waals surface area contributed by atoms with E-state index in [1.807, 2.05) is 13.8 Å². The molecule has 0 aromatic rings. The second kappa shape index (κ2) is 9.11. The maximum Gasteiger partial charge on any atom is 0.243 e. The van der Waals surface area contributed by atoms with Gasteiger partial charge >= 0.3 is 0 Å². The van der Waals surface area contributed by atoms with Gasteiger partial charge in [0.05, 0.1) is 13.2 Å². The van der Waals surface area contributed by atoms with Gasteiger partial charge in [-0.05, 0) is 13.3 Å². The van der Waals surface area contributed by atoms with Crippen molar-refractivity contribution in [2.45, 2.75) is 26.3 Å². The Morgan fingerprint density at radius 1 is 1.44 bits per heavy atom. The lowest BCUT2D eigenvalue weighted by atomic mass is 10.2. The normalized spacial score (nSPS) is 12.1. The first-order chi connectivity index (χ1) is 7.56. The van der Waals surface area contributed by atoms with E-state index < -0.39 is 5.91 Å². The fourth-order valence-electron chi connectivity index (χ4n) is 0.947. The van der Waals surface area contributed by atoms with Crippen molar-refractivity contribution in [3.8, 4) is 0 Å².